The lowest BCUT2D eigenvalue weighted by atomic mass is 10.00. The summed E-state index contributed by atoms with van der Waals surface area (Å²) in [5.74, 6) is 0. The highest BCUT2D eigenvalue weighted by molar-refractivity contribution is 6.04. The first-order valence-electron chi connectivity index (χ1n) is 6.75. The fourth-order valence-corrected chi connectivity index (χ4v) is 2.76. The van der Waals surface area contributed by atoms with E-state index < -0.39 is 0 Å². The first kappa shape index (κ1) is 12.7. The van der Waals surface area contributed by atoms with Crippen LogP contribution >= 0.6 is 0 Å². The number of aryl methyl sites for hydroxylation is 3. The predicted molar refractivity (Wildman–Crippen MR) is 83.3 cm³/mol. The minimum Gasteiger partial charge on any atom is -0.354 e. The molecule has 0 spiro atoms. The van der Waals surface area contributed by atoms with E-state index in [4.69, 9.17) is 0 Å². The Hall–Kier alpha value is -2.35. The maximum atomic E-state index is 11.5. The average Bonchev–Trinajstić information content (AvgIpc) is 2.76. The highest BCUT2D eigenvalue weighted by Crippen LogP contribution is 2.31. The first-order valence-corrected chi connectivity index (χ1v) is 6.75. The number of rotatable bonds is 2. The molecule has 2 aromatic carbocycles. The zero-order chi connectivity index (χ0) is 14.3. The number of H-pyrrole nitrogens is 1. The van der Waals surface area contributed by atoms with Crippen molar-refractivity contribution in [3.8, 4) is 11.3 Å². The van der Waals surface area contributed by atoms with Crippen LogP contribution in [0.5, 0.6) is 0 Å². The SMILES string of the molecule is Cc1ccc(-c2[nH]c3ccc(C)cc3c2C=O)c(C)c1. The Morgan fingerprint density at radius 3 is 2.35 bits per heavy atom. The average molecular weight is 263 g/mol. The van der Waals surface area contributed by atoms with Crippen molar-refractivity contribution in [1.29, 1.82) is 0 Å². The maximum absolute atomic E-state index is 11.5. The van der Waals surface area contributed by atoms with Crippen molar-refractivity contribution in [2.45, 2.75) is 20.8 Å². The highest BCUT2D eigenvalue weighted by atomic mass is 16.1. The molecule has 2 nitrogen and oxygen atoms in total. The summed E-state index contributed by atoms with van der Waals surface area (Å²) in [5, 5.41) is 0.995. The summed E-state index contributed by atoms with van der Waals surface area (Å²) in [6.45, 7) is 6.19. The number of nitrogens with one attached hydrogen (secondary N) is 1. The second kappa shape index (κ2) is 4.64. The smallest absolute Gasteiger partial charge is 0.152 e. The molecule has 20 heavy (non-hydrogen) atoms. The van der Waals surface area contributed by atoms with Crippen LogP contribution in [0.25, 0.3) is 22.2 Å². The lowest BCUT2D eigenvalue weighted by molar-refractivity contribution is 0.112. The topological polar surface area (TPSA) is 32.9 Å². The van der Waals surface area contributed by atoms with Crippen molar-refractivity contribution in [3.63, 3.8) is 0 Å². The van der Waals surface area contributed by atoms with Crippen LogP contribution in [0.15, 0.2) is 36.4 Å². The molecule has 0 amide bonds. The van der Waals surface area contributed by atoms with Gasteiger partial charge in [-0.15, -0.1) is 0 Å². The lowest BCUT2D eigenvalue weighted by Crippen LogP contribution is -1.89. The van der Waals surface area contributed by atoms with Crippen LogP contribution in [0.2, 0.25) is 0 Å². The summed E-state index contributed by atoms with van der Waals surface area (Å²) in [7, 11) is 0. The number of aromatic amines is 1. The molecule has 0 aliphatic heterocycles. The van der Waals surface area contributed by atoms with Gasteiger partial charge in [0.1, 0.15) is 0 Å². The number of fused-ring (bicyclic) bond motifs is 1. The number of carbonyl (C=O) groups excluding carboxylic acids is 1. The number of benzene rings is 2. The summed E-state index contributed by atoms with van der Waals surface area (Å²) >= 11 is 0. The maximum Gasteiger partial charge on any atom is 0.152 e. The van der Waals surface area contributed by atoms with E-state index in [0.29, 0.717) is 0 Å². The second-order valence-corrected chi connectivity index (χ2v) is 5.40. The van der Waals surface area contributed by atoms with Crippen LogP contribution in [0.3, 0.4) is 0 Å². The molecule has 2 heteroatoms. The van der Waals surface area contributed by atoms with Gasteiger partial charge in [0, 0.05) is 22.0 Å². The second-order valence-electron chi connectivity index (χ2n) is 5.40. The van der Waals surface area contributed by atoms with Gasteiger partial charge in [-0.05, 0) is 38.5 Å². The van der Waals surface area contributed by atoms with E-state index in [1.54, 1.807) is 0 Å². The molecule has 0 saturated heterocycles. The summed E-state index contributed by atoms with van der Waals surface area (Å²) in [6, 6.07) is 12.4. The summed E-state index contributed by atoms with van der Waals surface area (Å²) < 4.78 is 0. The zero-order valence-corrected chi connectivity index (χ0v) is 11.9. The molecular weight excluding hydrogens is 246 g/mol. The monoisotopic (exact) mass is 263 g/mol. The number of carbonyl (C=O) groups is 1. The van der Waals surface area contributed by atoms with Gasteiger partial charge in [0.05, 0.1) is 5.69 Å². The van der Waals surface area contributed by atoms with Crippen molar-refractivity contribution in [3.05, 3.63) is 58.7 Å². The molecule has 0 fully saturated rings. The number of aromatic nitrogens is 1. The summed E-state index contributed by atoms with van der Waals surface area (Å²) in [5.41, 5.74) is 7.32. The van der Waals surface area contributed by atoms with Crippen LogP contribution in [-0.4, -0.2) is 11.3 Å². The number of hydrogen-bond donors (Lipinski definition) is 1. The molecule has 0 saturated carbocycles. The summed E-state index contributed by atoms with van der Waals surface area (Å²) in [4.78, 5) is 14.9. The Morgan fingerprint density at radius 1 is 0.950 bits per heavy atom. The van der Waals surface area contributed by atoms with Gasteiger partial charge in [-0.2, -0.15) is 0 Å². The van der Waals surface area contributed by atoms with Gasteiger partial charge in [0.25, 0.3) is 0 Å². The first-order chi connectivity index (χ1) is 9.60. The minimum atomic E-state index is 0.746. The molecule has 0 radical (unpaired) electrons. The van der Waals surface area contributed by atoms with Crippen molar-refractivity contribution in [2.75, 3.05) is 0 Å². The van der Waals surface area contributed by atoms with E-state index in [-0.39, 0.29) is 0 Å². The predicted octanol–water partition coefficient (Wildman–Crippen LogP) is 4.57. The van der Waals surface area contributed by atoms with Crippen LogP contribution in [0.1, 0.15) is 27.0 Å². The Bertz CT molecular complexity index is 812. The standard InChI is InChI=1S/C18H17NO/c1-11-4-6-14(13(3)8-11)18-16(10-20)15-9-12(2)5-7-17(15)19-18/h4-10,19H,1-3H3. The van der Waals surface area contributed by atoms with E-state index in [1.807, 2.05) is 13.0 Å². The quantitative estimate of drug-likeness (QED) is 0.675. The molecule has 1 aromatic heterocycles. The van der Waals surface area contributed by atoms with E-state index >= 15 is 0 Å². The molecule has 1 heterocycles. The third kappa shape index (κ3) is 1.94. The Kier molecular flexibility index (Phi) is 2.94. The molecule has 3 rings (SSSR count). The van der Waals surface area contributed by atoms with E-state index in [0.717, 1.165) is 39.6 Å². The van der Waals surface area contributed by atoms with Gasteiger partial charge in [0.15, 0.2) is 6.29 Å². The highest BCUT2D eigenvalue weighted by Gasteiger charge is 2.14. The molecule has 3 aromatic rings. The molecule has 1 N–H and O–H groups in total. The zero-order valence-electron chi connectivity index (χ0n) is 11.9. The normalized spacial score (nSPS) is 10.9. The number of aldehydes is 1. The Labute approximate surface area is 118 Å². The van der Waals surface area contributed by atoms with E-state index in [9.17, 15) is 4.79 Å². The molecular formula is C18H17NO. The van der Waals surface area contributed by atoms with Gasteiger partial charge in [0.2, 0.25) is 0 Å². The van der Waals surface area contributed by atoms with Crippen molar-refractivity contribution in [1.82, 2.24) is 4.98 Å². The van der Waals surface area contributed by atoms with Gasteiger partial charge in [-0.1, -0.05) is 35.4 Å². The minimum absolute atomic E-state index is 0.746. The lowest BCUT2D eigenvalue weighted by Gasteiger charge is -2.06. The van der Waals surface area contributed by atoms with Crippen LogP contribution in [-0.2, 0) is 0 Å². The van der Waals surface area contributed by atoms with Crippen LogP contribution in [0.4, 0.5) is 0 Å². The third-order valence-electron chi connectivity index (χ3n) is 3.76. The largest absolute Gasteiger partial charge is 0.354 e. The Balaban J connectivity index is 2.33. The molecule has 100 valence electrons. The van der Waals surface area contributed by atoms with Gasteiger partial charge in [-0.25, -0.2) is 0 Å². The fraction of sp³-hybridized carbons (Fsp3) is 0.167. The molecule has 0 bridgehead atoms. The summed E-state index contributed by atoms with van der Waals surface area (Å²) in [6.07, 6.45) is 0.951. The van der Waals surface area contributed by atoms with Gasteiger partial charge in [-0.3, -0.25) is 4.79 Å². The molecule has 0 aliphatic carbocycles. The molecule has 0 aliphatic rings. The third-order valence-corrected chi connectivity index (χ3v) is 3.76. The van der Waals surface area contributed by atoms with Crippen molar-refractivity contribution in [2.24, 2.45) is 0 Å². The van der Waals surface area contributed by atoms with E-state index in [1.165, 1.54) is 11.1 Å². The molecule has 0 atom stereocenters. The number of hydrogen-bond acceptors (Lipinski definition) is 1. The van der Waals surface area contributed by atoms with Crippen LogP contribution < -0.4 is 0 Å². The fourth-order valence-electron chi connectivity index (χ4n) is 2.76. The van der Waals surface area contributed by atoms with Gasteiger partial charge >= 0.3 is 0 Å². The van der Waals surface area contributed by atoms with E-state index in [2.05, 4.69) is 49.2 Å². The van der Waals surface area contributed by atoms with Crippen LogP contribution in [0, 0.1) is 20.8 Å². The molecule has 0 unspecified atom stereocenters. The van der Waals surface area contributed by atoms with Crippen molar-refractivity contribution < 1.29 is 4.79 Å². The Morgan fingerprint density at radius 2 is 1.65 bits per heavy atom. The van der Waals surface area contributed by atoms with Crippen molar-refractivity contribution >= 4 is 17.2 Å². The van der Waals surface area contributed by atoms with Gasteiger partial charge < -0.3 is 4.98 Å².